The number of aliphatic imine (C=N–C) groups is 1. The van der Waals surface area contributed by atoms with E-state index in [9.17, 15) is 0 Å². The van der Waals surface area contributed by atoms with Gasteiger partial charge in [-0.2, -0.15) is 0 Å². The minimum atomic E-state index is 0.353. The van der Waals surface area contributed by atoms with Gasteiger partial charge in [-0.15, -0.1) is 0 Å². The zero-order chi connectivity index (χ0) is 11.3. The first kappa shape index (κ1) is 11.6. The molecule has 4 nitrogen and oxygen atoms in total. The molecule has 84 valence electrons. The Kier molecular flexibility index (Phi) is 4.21. The Morgan fingerprint density at radius 3 is 2.93 bits per heavy atom. The molecule has 1 rings (SSSR count). The summed E-state index contributed by atoms with van der Waals surface area (Å²) in [6.45, 7) is 6.66. The first-order valence-corrected chi connectivity index (χ1v) is 5.23. The van der Waals surface area contributed by atoms with Crippen molar-refractivity contribution >= 4 is 5.96 Å². The average Bonchev–Trinajstić information content (AvgIpc) is 2.61. The molecule has 15 heavy (non-hydrogen) atoms. The fourth-order valence-electron chi connectivity index (χ4n) is 1.12. The van der Waals surface area contributed by atoms with Gasteiger partial charge in [0.05, 0.1) is 6.26 Å². The maximum atomic E-state index is 5.71. The SMILES string of the molecule is CCC(C)NC(N)=NCc1occc1C. The molecule has 1 aromatic rings. The van der Waals surface area contributed by atoms with Crippen LogP contribution in [0.5, 0.6) is 0 Å². The zero-order valence-electron chi connectivity index (χ0n) is 9.58. The molecule has 4 heteroatoms. The van der Waals surface area contributed by atoms with Crippen molar-refractivity contribution in [2.75, 3.05) is 0 Å². The maximum absolute atomic E-state index is 5.71. The van der Waals surface area contributed by atoms with Crippen LogP contribution in [0.3, 0.4) is 0 Å². The smallest absolute Gasteiger partial charge is 0.189 e. The van der Waals surface area contributed by atoms with Gasteiger partial charge in [0.15, 0.2) is 5.96 Å². The quantitative estimate of drug-likeness (QED) is 0.587. The molecule has 0 radical (unpaired) electrons. The van der Waals surface area contributed by atoms with E-state index in [4.69, 9.17) is 10.2 Å². The summed E-state index contributed by atoms with van der Waals surface area (Å²) in [7, 11) is 0. The van der Waals surface area contributed by atoms with E-state index in [0.717, 1.165) is 17.7 Å². The van der Waals surface area contributed by atoms with Crippen molar-refractivity contribution in [2.24, 2.45) is 10.7 Å². The molecule has 1 unspecified atom stereocenters. The maximum Gasteiger partial charge on any atom is 0.189 e. The van der Waals surface area contributed by atoms with E-state index >= 15 is 0 Å². The lowest BCUT2D eigenvalue weighted by molar-refractivity contribution is 0.509. The second kappa shape index (κ2) is 5.44. The molecule has 0 saturated heterocycles. The van der Waals surface area contributed by atoms with E-state index < -0.39 is 0 Å². The van der Waals surface area contributed by atoms with E-state index in [-0.39, 0.29) is 0 Å². The molecule has 1 aromatic heterocycles. The third kappa shape index (κ3) is 3.65. The third-order valence-corrected chi connectivity index (χ3v) is 2.37. The Hall–Kier alpha value is -1.45. The van der Waals surface area contributed by atoms with Crippen molar-refractivity contribution in [3.05, 3.63) is 23.7 Å². The minimum absolute atomic E-state index is 0.353. The van der Waals surface area contributed by atoms with Crippen molar-refractivity contribution in [3.63, 3.8) is 0 Å². The first-order valence-electron chi connectivity index (χ1n) is 5.23. The topological polar surface area (TPSA) is 63.5 Å². The lowest BCUT2D eigenvalue weighted by Crippen LogP contribution is -2.38. The molecule has 0 fully saturated rings. The van der Waals surface area contributed by atoms with Gasteiger partial charge in [-0.1, -0.05) is 6.92 Å². The van der Waals surface area contributed by atoms with Gasteiger partial charge < -0.3 is 15.5 Å². The number of guanidine groups is 1. The molecule has 1 atom stereocenters. The highest BCUT2D eigenvalue weighted by Gasteiger charge is 2.02. The van der Waals surface area contributed by atoms with Crippen LogP contribution in [0.1, 0.15) is 31.6 Å². The van der Waals surface area contributed by atoms with E-state index in [1.807, 2.05) is 13.0 Å². The van der Waals surface area contributed by atoms with Crippen molar-refractivity contribution in [2.45, 2.75) is 39.8 Å². The molecule has 0 bridgehead atoms. The van der Waals surface area contributed by atoms with Gasteiger partial charge in [-0.05, 0) is 31.9 Å². The second-order valence-corrected chi connectivity index (χ2v) is 3.68. The summed E-state index contributed by atoms with van der Waals surface area (Å²) in [5.41, 5.74) is 6.82. The molecule has 0 aliphatic heterocycles. The Morgan fingerprint density at radius 1 is 1.67 bits per heavy atom. The molecule has 0 saturated carbocycles. The summed E-state index contributed by atoms with van der Waals surface area (Å²) in [5.74, 6) is 1.34. The van der Waals surface area contributed by atoms with Gasteiger partial charge >= 0.3 is 0 Å². The van der Waals surface area contributed by atoms with Crippen LogP contribution in [0.4, 0.5) is 0 Å². The highest BCUT2D eigenvalue weighted by molar-refractivity contribution is 5.78. The monoisotopic (exact) mass is 209 g/mol. The van der Waals surface area contributed by atoms with Gasteiger partial charge in [-0.3, -0.25) is 0 Å². The van der Waals surface area contributed by atoms with Crippen LogP contribution >= 0.6 is 0 Å². The van der Waals surface area contributed by atoms with Crippen LogP contribution in [0, 0.1) is 6.92 Å². The number of rotatable bonds is 4. The van der Waals surface area contributed by atoms with Crippen molar-refractivity contribution in [3.8, 4) is 0 Å². The Morgan fingerprint density at radius 2 is 2.40 bits per heavy atom. The standard InChI is InChI=1S/C11H19N3O/c1-4-9(3)14-11(12)13-7-10-8(2)5-6-15-10/h5-6,9H,4,7H2,1-3H3,(H3,12,13,14). The molecule has 0 amide bonds. The Balaban J connectivity index is 2.47. The molecule has 0 spiro atoms. The van der Waals surface area contributed by atoms with Crippen LogP contribution in [0.25, 0.3) is 0 Å². The fraction of sp³-hybridized carbons (Fsp3) is 0.545. The highest BCUT2D eigenvalue weighted by atomic mass is 16.3. The number of aryl methyl sites for hydroxylation is 1. The summed E-state index contributed by atoms with van der Waals surface area (Å²) < 4.78 is 5.26. The lowest BCUT2D eigenvalue weighted by Gasteiger charge is -2.11. The van der Waals surface area contributed by atoms with Crippen LogP contribution in [-0.4, -0.2) is 12.0 Å². The van der Waals surface area contributed by atoms with Crippen LogP contribution < -0.4 is 11.1 Å². The van der Waals surface area contributed by atoms with Gasteiger partial charge in [-0.25, -0.2) is 4.99 Å². The summed E-state index contributed by atoms with van der Waals surface area (Å²) in [6, 6.07) is 2.27. The Bertz CT molecular complexity index is 330. The summed E-state index contributed by atoms with van der Waals surface area (Å²) in [5, 5.41) is 3.10. The summed E-state index contributed by atoms with van der Waals surface area (Å²) >= 11 is 0. The zero-order valence-corrected chi connectivity index (χ0v) is 9.58. The number of hydrogen-bond acceptors (Lipinski definition) is 2. The van der Waals surface area contributed by atoms with E-state index in [1.165, 1.54) is 0 Å². The molecule has 1 heterocycles. The average molecular weight is 209 g/mol. The second-order valence-electron chi connectivity index (χ2n) is 3.68. The summed E-state index contributed by atoms with van der Waals surface area (Å²) in [4.78, 5) is 4.20. The van der Waals surface area contributed by atoms with Crippen LogP contribution in [0.15, 0.2) is 21.7 Å². The predicted octanol–water partition coefficient (Wildman–Crippen LogP) is 1.79. The van der Waals surface area contributed by atoms with Crippen molar-refractivity contribution < 1.29 is 4.42 Å². The number of hydrogen-bond donors (Lipinski definition) is 2. The summed E-state index contributed by atoms with van der Waals surface area (Å²) in [6.07, 6.45) is 2.69. The first-order chi connectivity index (χ1) is 7.13. The van der Waals surface area contributed by atoms with Gasteiger partial charge in [0.25, 0.3) is 0 Å². The number of nitrogens with zero attached hydrogens (tertiary/aromatic N) is 1. The molecule has 0 aliphatic rings. The molecular formula is C11H19N3O. The number of nitrogens with two attached hydrogens (primary N) is 1. The largest absolute Gasteiger partial charge is 0.467 e. The normalized spacial score (nSPS) is 13.9. The van der Waals surface area contributed by atoms with E-state index in [0.29, 0.717) is 18.5 Å². The number of furan rings is 1. The van der Waals surface area contributed by atoms with E-state index in [2.05, 4.69) is 24.2 Å². The fourth-order valence-corrected chi connectivity index (χ4v) is 1.12. The van der Waals surface area contributed by atoms with Gasteiger partial charge in [0.1, 0.15) is 12.3 Å². The number of nitrogens with one attached hydrogen (secondary N) is 1. The van der Waals surface area contributed by atoms with Crippen molar-refractivity contribution in [1.82, 2.24) is 5.32 Å². The minimum Gasteiger partial charge on any atom is -0.467 e. The Labute approximate surface area is 90.6 Å². The molecule has 0 aliphatic carbocycles. The predicted molar refractivity (Wildman–Crippen MR) is 61.7 cm³/mol. The molecular weight excluding hydrogens is 190 g/mol. The lowest BCUT2D eigenvalue weighted by atomic mass is 10.3. The van der Waals surface area contributed by atoms with Gasteiger partial charge in [0.2, 0.25) is 0 Å². The van der Waals surface area contributed by atoms with E-state index in [1.54, 1.807) is 6.26 Å². The highest BCUT2D eigenvalue weighted by Crippen LogP contribution is 2.09. The van der Waals surface area contributed by atoms with Crippen LogP contribution in [0.2, 0.25) is 0 Å². The van der Waals surface area contributed by atoms with Crippen LogP contribution in [-0.2, 0) is 6.54 Å². The molecule has 0 aromatic carbocycles. The van der Waals surface area contributed by atoms with Gasteiger partial charge in [0, 0.05) is 6.04 Å². The molecule has 3 N–H and O–H groups in total. The van der Waals surface area contributed by atoms with Crippen molar-refractivity contribution in [1.29, 1.82) is 0 Å². The third-order valence-electron chi connectivity index (χ3n) is 2.37.